The molecule has 8 heteroatoms. The summed E-state index contributed by atoms with van der Waals surface area (Å²) in [7, 11) is -3.35. The first-order valence-corrected chi connectivity index (χ1v) is 11.3. The van der Waals surface area contributed by atoms with Crippen molar-refractivity contribution in [1.29, 1.82) is 0 Å². The van der Waals surface area contributed by atoms with Crippen LogP contribution in [-0.4, -0.2) is 58.1 Å². The first-order chi connectivity index (χ1) is 13.1. The van der Waals surface area contributed by atoms with Crippen molar-refractivity contribution in [2.45, 2.75) is 39.0 Å². The standard InChI is InChI=1S/C19H32N4O3S/c1-3-5-10-21-19(20-4-2)22-15-17-8-6-7-9-18(17)16-27(24,25)23-11-13-26-14-12-23/h6-9H,3-5,10-16H2,1-2H3,(H2,20,21,22). The molecule has 0 saturated carbocycles. The monoisotopic (exact) mass is 396 g/mol. The number of guanidine groups is 1. The van der Waals surface area contributed by atoms with Gasteiger partial charge in [0.15, 0.2) is 5.96 Å². The summed E-state index contributed by atoms with van der Waals surface area (Å²) in [6, 6.07) is 7.62. The Morgan fingerprint density at radius 1 is 1.15 bits per heavy atom. The highest BCUT2D eigenvalue weighted by atomic mass is 32.2. The molecule has 0 radical (unpaired) electrons. The number of unbranched alkanes of at least 4 members (excludes halogenated alkanes) is 1. The summed E-state index contributed by atoms with van der Waals surface area (Å²) in [5, 5.41) is 6.54. The molecule has 0 aliphatic carbocycles. The van der Waals surface area contributed by atoms with Crippen molar-refractivity contribution >= 4 is 16.0 Å². The van der Waals surface area contributed by atoms with Gasteiger partial charge in [-0.15, -0.1) is 0 Å². The van der Waals surface area contributed by atoms with E-state index in [9.17, 15) is 8.42 Å². The van der Waals surface area contributed by atoms with Gasteiger partial charge in [-0.3, -0.25) is 0 Å². The number of sulfonamides is 1. The molecule has 27 heavy (non-hydrogen) atoms. The van der Waals surface area contributed by atoms with Crippen molar-refractivity contribution in [2.24, 2.45) is 4.99 Å². The maximum absolute atomic E-state index is 12.7. The molecule has 152 valence electrons. The summed E-state index contributed by atoms with van der Waals surface area (Å²) in [4.78, 5) is 4.62. The smallest absolute Gasteiger partial charge is 0.218 e. The number of nitrogens with one attached hydrogen (secondary N) is 2. The van der Waals surface area contributed by atoms with Crippen LogP contribution in [0.3, 0.4) is 0 Å². The van der Waals surface area contributed by atoms with Crippen LogP contribution in [-0.2, 0) is 27.1 Å². The van der Waals surface area contributed by atoms with Crippen LogP contribution in [0.4, 0.5) is 0 Å². The number of hydrogen-bond donors (Lipinski definition) is 2. The summed E-state index contributed by atoms with van der Waals surface area (Å²) in [5.74, 6) is 0.759. The predicted octanol–water partition coefficient (Wildman–Crippen LogP) is 1.70. The second-order valence-electron chi connectivity index (χ2n) is 6.51. The number of benzene rings is 1. The molecule has 0 unspecified atom stereocenters. The van der Waals surface area contributed by atoms with Crippen LogP contribution in [0, 0.1) is 0 Å². The maximum Gasteiger partial charge on any atom is 0.218 e. The summed E-state index contributed by atoms with van der Waals surface area (Å²) >= 11 is 0. The Balaban J connectivity index is 2.08. The number of nitrogens with zero attached hydrogens (tertiary/aromatic N) is 2. The fraction of sp³-hybridized carbons (Fsp3) is 0.632. The molecule has 1 aliphatic heterocycles. The predicted molar refractivity (Wildman–Crippen MR) is 109 cm³/mol. The molecule has 0 bridgehead atoms. The zero-order chi connectivity index (χ0) is 19.5. The fourth-order valence-electron chi connectivity index (χ4n) is 2.85. The molecule has 1 aromatic carbocycles. The van der Waals surface area contributed by atoms with Crippen molar-refractivity contribution < 1.29 is 13.2 Å². The van der Waals surface area contributed by atoms with E-state index in [0.717, 1.165) is 43.0 Å². The van der Waals surface area contributed by atoms with Crippen LogP contribution in [0.2, 0.25) is 0 Å². The zero-order valence-electron chi connectivity index (χ0n) is 16.4. The van der Waals surface area contributed by atoms with Gasteiger partial charge >= 0.3 is 0 Å². The minimum absolute atomic E-state index is 0.00149. The van der Waals surface area contributed by atoms with E-state index in [1.165, 1.54) is 4.31 Å². The lowest BCUT2D eigenvalue weighted by molar-refractivity contribution is 0.0729. The van der Waals surface area contributed by atoms with Gasteiger partial charge in [0.1, 0.15) is 0 Å². The third-order valence-electron chi connectivity index (χ3n) is 4.39. The molecule has 1 heterocycles. The topological polar surface area (TPSA) is 83.0 Å². The van der Waals surface area contributed by atoms with Crippen molar-refractivity contribution in [3.05, 3.63) is 35.4 Å². The van der Waals surface area contributed by atoms with Crippen molar-refractivity contribution in [2.75, 3.05) is 39.4 Å². The van der Waals surface area contributed by atoms with Gasteiger partial charge in [0.2, 0.25) is 10.0 Å². The third kappa shape index (κ3) is 7.12. The summed E-state index contributed by atoms with van der Waals surface area (Å²) in [5.41, 5.74) is 1.74. The van der Waals surface area contributed by atoms with Gasteiger partial charge in [-0.2, -0.15) is 4.31 Å². The Hall–Kier alpha value is -1.64. The molecule has 2 rings (SSSR count). The lowest BCUT2D eigenvalue weighted by atomic mass is 10.1. The second-order valence-corrected chi connectivity index (χ2v) is 8.48. The van der Waals surface area contributed by atoms with E-state index in [-0.39, 0.29) is 5.75 Å². The van der Waals surface area contributed by atoms with Crippen LogP contribution in [0.5, 0.6) is 0 Å². The molecule has 7 nitrogen and oxygen atoms in total. The van der Waals surface area contributed by atoms with Gasteiger partial charge in [0.25, 0.3) is 0 Å². The Kier molecular flexibility index (Phi) is 9.03. The molecule has 1 fully saturated rings. The number of aliphatic imine (C=N–C) groups is 1. The fourth-order valence-corrected chi connectivity index (χ4v) is 4.42. The van der Waals surface area contributed by atoms with Gasteiger partial charge in [0, 0.05) is 26.2 Å². The van der Waals surface area contributed by atoms with Crippen LogP contribution in [0.25, 0.3) is 0 Å². The molecule has 1 aromatic rings. The third-order valence-corrected chi connectivity index (χ3v) is 6.22. The lowest BCUT2D eigenvalue weighted by Crippen LogP contribution is -2.41. The largest absolute Gasteiger partial charge is 0.379 e. The van der Waals surface area contributed by atoms with Gasteiger partial charge in [-0.25, -0.2) is 13.4 Å². The second kappa shape index (κ2) is 11.3. The Bertz CT molecular complexity index is 701. The van der Waals surface area contributed by atoms with Gasteiger partial charge < -0.3 is 15.4 Å². The van der Waals surface area contributed by atoms with Gasteiger partial charge in [-0.1, -0.05) is 37.6 Å². The first kappa shape index (κ1) is 21.7. The quantitative estimate of drug-likeness (QED) is 0.377. The van der Waals surface area contributed by atoms with Crippen molar-refractivity contribution in [3.8, 4) is 0 Å². The molecular weight excluding hydrogens is 364 g/mol. The highest BCUT2D eigenvalue weighted by Gasteiger charge is 2.25. The Morgan fingerprint density at radius 3 is 2.52 bits per heavy atom. The molecule has 1 saturated heterocycles. The molecule has 0 atom stereocenters. The molecule has 0 aromatic heterocycles. The Morgan fingerprint density at radius 2 is 1.85 bits per heavy atom. The van der Waals surface area contributed by atoms with Crippen molar-refractivity contribution in [3.63, 3.8) is 0 Å². The first-order valence-electron chi connectivity index (χ1n) is 9.71. The summed E-state index contributed by atoms with van der Waals surface area (Å²) in [6.07, 6.45) is 2.20. The highest BCUT2D eigenvalue weighted by Crippen LogP contribution is 2.17. The van der Waals surface area contributed by atoms with E-state index in [4.69, 9.17) is 4.74 Å². The number of ether oxygens (including phenoxy) is 1. The summed E-state index contributed by atoms with van der Waals surface area (Å²) < 4.78 is 32.2. The van der Waals surface area contributed by atoms with E-state index >= 15 is 0 Å². The molecular formula is C19H32N4O3S. The van der Waals surface area contributed by atoms with Crippen LogP contribution >= 0.6 is 0 Å². The molecule has 0 spiro atoms. The Labute approximate surface area is 163 Å². The SMILES string of the molecule is CCCCNC(=NCc1ccccc1CS(=O)(=O)N1CCOCC1)NCC. The average molecular weight is 397 g/mol. The zero-order valence-corrected chi connectivity index (χ0v) is 17.2. The van der Waals surface area contributed by atoms with E-state index in [1.54, 1.807) is 0 Å². The van der Waals surface area contributed by atoms with Gasteiger partial charge in [-0.05, 0) is 24.5 Å². The number of morpholine rings is 1. The minimum Gasteiger partial charge on any atom is -0.379 e. The van der Waals surface area contributed by atoms with Crippen LogP contribution in [0.1, 0.15) is 37.8 Å². The van der Waals surface area contributed by atoms with Crippen LogP contribution in [0.15, 0.2) is 29.3 Å². The molecule has 1 aliphatic rings. The van der Waals surface area contributed by atoms with E-state index < -0.39 is 10.0 Å². The van der Waals surface area contributed by atoms with Crippen molar-refractivity contribution in [1.82, 2.24) is 14.9 Å². The highest BCUT2D eigenvalue weighted by molar-refractivity contribution is 7.88. The minimum atomic E-state index is -3.35. The van der Waals surface area contributed by atoms with E-state index in [0.29, 0.717) is 32.8 Å². The molecule has 2 N–H and O–H groups in total. The number of hydrogen-bond acceptors (Lipinski definition) is 4. The summed E-state index contributed by atoms with van der Waals surface area (Å²) in [6.45, 7) is 8.04. The van der Waals surface area contributed by atoms with Gasteiger partial charge in [0.05, 0.1) is 25.5 Å². The lowest BCUT2D eigenvalue weighted by Gasteiger charge is -2.26. The maximum atomic E-state index is 12.7. The average Bonchev–Trinajstić information content (AvgIpc) is 2.68. The normalized spacial score (nSPS) is 16.3. The number of rotatable bonds is 9. The van der Waals surface area contributed by atoms with Crippen LogP contribution < -0.4 is 10.6 Å². The van der Waals surface area contributed by atoms with E-state index in [1.807, 2.05) is 31.2 Å². The molecule has 0 amide bonds. The van der Waals surface area contributed by atoms with E-state index in [2.05, 4.69) is 22.5 Å².